The van der Waals surface area contributed by atoms with Crippen LogP contribution >= 0.6 is 11.6 Å². The molecule has 0 fully saturated rings. The second-order valence-electron chi connectivity index (χ2n) is 4.72. The van der Waals surface area contributed by atoms with E-state index in [4.69, 9.17) is 11.6 Å². The SMILES string of the molecule is Cc1ncccc1NC1CCc2cc(Cl)ccc21. The van der Waals surface area contributed by atoms with Gasteiger partial charge in [0.25, 0.3) is 0 Å². The molecule has 92 valence electrons. The highest BCUT2D eigenvalue weighted by molar-refractivity contribution is 6.30. The van der Waals surface area contributed by atoms with Gasteiger partial charge < -0.3 is 5.32 Å². The van der Waals surface area contributed by atoms with E-state index >= 15 is 0 Å². The van der Waals surface area contributed by atoms with E-state index in [9.17, 15) is 0 Å². The molecule has 1 aliphatic rings. The van der Waals surface area contributed by atoms with Crippen LogP contribution in [0.15, 0.2) is 36.5 Å². The maximum absolute atomic E-state index is 6.03. The molecular formula is C15H15ClN2. The first-order chi connectivity index (χ1) is 8.74. The molecule has 0 saturated heterocycles. The first-order valence-electron chi connectivity index (χ1n) is 6.20. The number of fused-ring (bicyclic) bond motifs is 1. The summed E-state index contributed by atoms with van der Waals surface area (Å²) in [6.45, 7) is 2.03. The van der Waals surface area contributed by atoms with Crippen LogP contribution in [0.2, 0.25) is 5.02 Å². The largest absolute Gasteiger partial charge is 0.377 e. The van der Waals surface area contributed by atoms with Crippen molar-refractivity contribution in [3.8, 4) is 0 Å². The summed E-state index contributed by atoms with van der Waals surface area (Å²) in [6, 6.07) is 10.6. The van der Waals surface area contributed by atoms with Crippen molar-refractivity contribution in [2.45, 2.75) is 25.8 Å². The number of rotatable bonds is 2. The third kappa shape index (κ3) is 2.08. The molecule has 1 unspecified atom stereocenters. The lowest BCUT2D eigenvalue weighted by Crippen LogP contribution is -2.08. The number of halogens is 1. The quantitative estimate of drug-likeness (QED) is 0.876. The van der Waals surface area contributed by atoms with Crippen molar-refractivity contribution < 1.29 is 0 Å². The van der Waals surface area contributed by atoms with Crippen LogP contribution in [0.1, 0.15) is 29.3 Å². The lowest BCUT2D eigenvalue weighted by Gasteiger charge is -2.16. The van der Waals surface area contributed by atoms with E-state index in [1.54, 1.807) is 0 Å². The van der Waals surface area contributed by atoms with Gasteiger partial charge in [-0.1, -0.05) is 17.7 Å². The van der Waals surface area contributed by atoms with Gasteiger partial charge in [0.1, 0.15) is 0 Å². The van der Waals surface area contributed by atoms with Crippen molar-refractivity contribution in [3.05, 3.63) is 58.4 Å². The fraction of sp³-hybridized carbons (Fsp3) is 0.267. The van der Waals surface area contributed by atoms with Crippen molar-refractivity contribution in [2.24, 2.45) is 0 Å². The zero-order chi connectivity index (χ0) is 12.5. The number of anilines is 1. The molecule has 1 aromatic heterocycles. The van der Waals surface area contributed by atoms with Crippen molar-refractivity contribution in [2.75, 3.05) is 5.32 Å². The number of benzene rings is 1. The van der Waals surface area contributed by atoms with Gasteiger partial charge in [-0.15, -0.1) is 0 Å². The maximum atomic E-state index is 6.03. The molecule has 2 nitrogen and oxygen atoms in total. The predicted molar refractivity (Wildman–Crippen MR) is 75.1 cm³/mol. The Morgan fingerprint density at radius 2 is 2.22 bits per heavy atom. The zero-order valence-corrected chi connectivity index (χ0v) is 11.0. The molecule has 0 saturated carbocycles. The summed E-state index contributed by atoms with van der Waals surface area (Å²) in [4.78, 5) is 4.31. The Morgan fingerprint density at radius 1 is 1.33 bits per heavy atom. The summed E-state index contributed by atoms with van der Waals surface area (Å²) in [6.07, 6.45) is 4.03. The van der Waals surface area contributed by atoms with Crippen molar-refractivity contribution in [3.63, 3.8) is 0 Å². The topological polar surface area (TPSA) is 24.9 Å². The molecule has 0 aliphatic heterocycles. The Balaban J connectivity index is 1.87. The monoisotopic (exact) mass is 258 g/mol. The van der Waals surface area contributed by atoms with Gasteiger partial charge in [-0.05, 0) is 55.2 Å². The minimum absolute atomic E-state index is 0.375. The Bertz CT molecular complexity index is 580. The van der Waals surface area contributed by atoms with Gasteiger partial charge in [-0.3, -0.25) is 4.98 Å². The zero-order valence-electron chi connectivity index (χ0n) is 10.3. The highest BCUT2D eigenvalue weighted by atomic mass is 35.5. The van der Waals surface area contributed by atoms with Crippen LogP contribution in [0.5, 0.6) is 0 Å². The average Bonchev–Trinajstić information content (AvgIpc) is 2.74. The van der Waals surface area contributed by atoms with E-state index in [0.717, 1.165) is 29.2 Å². The van der Waals surface area contributed by atoms with Crippen molar-refractivity contribution in [1.82, 2.24) is 4.98 Å². The van der Waals surface area contributed by atoms with Crippen LogP contribution in [-0.4, -0.2) is 4.98 Å². The molecule has 3 heteroatoms. The summed E-state index contributed by atoms with van der Waals surface area (Å²) in [7, 11) is 0. The lowest BCUT2D eigenvalue weighted by atomic mass is 10.1. The van der Waals surface area contributed by atoms with Gasteiger partial charge >= 0.3 is 0 Å². The van der Waals surface area contributed by atoms with E-state index in [1.807, 2.05) is 25.3 Å². The number of aromatic nitrogens is 1. The Hall–Kier alpha value is -1.54. The van der Waals surface area contributed by atoms with Crippen LogP contribution in [0.4, 0.5) is 5.69 Å². The Labute approximate surface area is 112 Å². The summed E-state index contributed by atoms with van der Waals surface area (Å²) < 4.78 is 0. The van der Waals surface area contributed by atoms with Crippen molar-refractivity contribution in [1.29, 1.82) is 0 Å². The fourth-order valence-electron chi connectivity index (χ4n) is 2.56. The molecule has 3 rings (SSSR count). The molecule has 18 heavy (non-hydrogen) atoms. The number of pyridine rings is 1. The normalized spacial score (nSPS) is 17.6. The van der Waals surface area contributed by atoms with Gasteiger partial charge in [0, 0.05) is 11.2 Å². The number of hydrogen-bond donors (Lipinski definition) is 1. The summed E-state index contributed by atoms with van der Waals surface area (Å²) >= 11 is 6.03. The number of hydrogen-bond acceptors (Lipinski definition) is 2. The predicted octanol–water partition coefficient (Wildman–Crippen LogP) is 4.14. The van der Waals surface area contributed by atoms with Gasteiger partial charge in [0.2, 0.25) is 0 Å². The molecule has 1 aliphatic carbocycles. The van der Waals surface area contributed by atoms with E-state index in [0.29, 0.717) is 6.04 Å². The molecule has 0 spiro atoms. The summed E-state index contributed by atoms with van der Waals surface area (Å²) in [5.41, 5.74) is 4.88. The van der Waals surface area contributed by atoms with E-state index < -0.39 is 0 Å². The third-order valence-electron chi connectivity index (χ3n) is 3.52. The molecular weight excluding hydrogens is 244 g/mol. The Morgan fingerprint density at radius 3 is 3.06 bits per heavy atom. The lowest BCUT2D eigenvalue weighted by molar-refractivity contribution is 0.760. The van der Waals surface area contributed by atoms with Crippen LogP contribution in [0, 0.1) is 6.92 Å². The molecule has 1 aromatic carbocycles. The molecule has 0 amide bonds. The standard InChI is InChI=1S/C15H15ClN2/c1-10-14(3-2-8-17-10)18-15-7-4-11-9-12(16)5-6-13(11)15/h2-3,5-6,8-9,15,18H,4,7H2,1H3. The fourth-order valence-corrected chi connectivity index (χ4v) is 2.76. The van der Waals surface area contributed by atoms with Crippen LogP contribution < -0.4 is 5.32 Å². The summed E-state index contributed by atoms with van der Waals surface area (Å²) in [5, 5.41) is 4.41. The van der Waals surface area contributed by atoms with Gasteiger partial charge in [0.05, 0.1) is 17.4 Å². The number of nitrogens with one attached hydrogen (secondary N) is 1. The van der Waals surface area contributed by atoms with Crippen LogP contribution in [0.3, 0.4) is 0 Å². The first-order valence-corrected chi connectivity index (χ1v) is 6.58. The molecule has 2 aromatic rings. The minimum atomic E-state index is 0.375. The minimum Gasteiger partial charge on any atom is -0.377 e. The highest BCUT2D eigenvalue weighted by Crippen LogP contribution is 2.35. The smallest absolute Gasteiger partial charge is 0.0603 e. The van der Waals surface area contributed by atoms with Crippen molar-refractivity contribution >= 4 is 17.3 Å². The average molecular weight is 259 g/mol. The summed E-state index contributed by atoms with van der Waals surface area (Å²) in [5.74, 6) is 0. The third-order valence-corrected chi connectivity index (χ3v) is 3.75. The maximum Gasteiger partial charge on any atom is 0.0603 e. The van der Waals surface area contributed by atoms with E-state index in [-0.39, 0.29) is 0 Å². The molecule has 1 heterocycles. The number of nitrogens with zero attached hydrogens (tertiary/aromatic N) is 1. The molecule has 0 radical (unpaired) electrons. The highest BCUT2D eigenvalue weighted by Gasteiger charge is 2.22. The second kappa shape index (κ2) is 4.62. The van der Waals surface area contributed by atoms with Crippen LogP contribution in [-0.2, 0) is 6.42 Å². The Kier molecular flexibility index (Phi) is 2.96. The number of aryl methyl sites for hydroxylation is 2. The first kappa shape index (κ1) is 11.5. The van der Waals surface area contributed by atoms with Gasteiger partial charge in [0.15, 0.2) is 0 Å². The van der Waals surface area contributed by atoms with E-state index in [2.05, 4.69) is 28.5 Å². The van der Waals surface area contributed by atoms with Crippen LogP contribution in [0.25, 0.3) is 0 Å². The van der Waals surface area contributed by atoms with Gasteiger partial charge in [-0.25, -0.2) is 0 Å². The molecule has 1 atom stereocenters. The second-order valence-corrected chi connectivity index (χ2v) is 5.15. The molecule has 0 bridgehead atoms. The van der Waals surface area contributed by atoms with E-state index in [1.165, 1.54) is 11.1 Å². The van der Waals surface area contributed by atoms with Gasteiger partial charge in [-0.2, -0.15) is 0 Å². The molecule has 1 N–H and O–H groups in total.